The number of hydrogen-bond donors (Lipinski definition) is 10. The highest BCUT2D eigenvalue weighted by molar-refractivity contribution is 7.03. The second kappa shape index (κ2) is 41.8. The van der Waals surface area contributed by atoms with Gasteiger partial charge in [-0.2, -0.15) is 0 Å². The van der Waals surface area contributed by atoms with Crippen LogP contribution < -0.4 is 31.9 Å². The van der Waals surface area contributed by atoms with E-state index in [-0.39, 0.29) is 226 Å². The fourth-order valence-corrected chi connectivity index (χ4v) is 64.5. The van der Waals surface area contributed by atoms with Crippen molar-refractivity contribution >= 4 is 106 Å². The molecular formula is C61H127N9O22Si8. The Bertz CT molecular complexity index is 2280. The molecule has 580 valence electrons. The summed E-state index contributed by atoms with van der Waals surface area (Å²) < 4.78 is 95.6. The van der Waals surface area contributed by atoms with E-state index in [1.54, 1.807) is 0 Å². The van der Waals surface area contributed by atoms with Crippen LogP contribution in [0.4, 0.5) is 0 Å². The van der Waals surface area contributed by atoms with Crippen molar-refractivity contribution in [2.45, 2.75) is 190 Å². The Morgan fingerprint density at radius 1 is 0.260 bits per heavy atom. The summed E-state index contributed by atoms with van der Waals surface area (Å²) in [5.41, 5.74) is 0. The van der Waals surface area contributed by atoms with Crippen LogP contribution in [0.3, 0.4) is 0 Å². The Morgan fingerprint density at radius 3 is 0.610 bits per heavy atom. The molecule has 8 bridgehead atoms. The second-order valence-corrected chi connectivity index (χ2v) is 54.1. The first-order valence-corrected chi connectivity index (χ1v) is 52.2. The molecule has 0 spiro atoms. The highest BCUT2D eigenvalue weighted by atomic mass is 28.6. The van der Waals surface area contributed by atoms with Crippen molar-refractivity contribution in [2.24, 2.45) is 41.4 Å². The number of carbonyl (C=O) groups excluding carboxylic acids is 6. The topological polar surface area (TPSA) is 376 Å². The van der Waals surface area contributed by atoms with Crippen LogP contribution in [0, 0.1) is 41.4 Å². The number of carbonyl (C=O) groups is 6. The van der Waals surface area contributed by atoms with E-state index in [0.717, 1.165) is 0 Å². The fraction of sp³-hybridized carbons (Fsp3) is 0.902. The Hall–Kier alpha value is -2.20. The van der Waals surface area contributed by atoms with Gasteiger partial charge in [-0.15, -0.1) is 0 Å². The molecule has 0 atom stereocenters. The third-order valence-corrected chi connectivity index (χ3v) is 56.5. The first-order chi connectivity index (χ1) is 47.1. The first kappa shape index (κ1) is 88.4. The summed E-state index contributed by atoms with van der Waals surface area (Å²) in [6.45, 7) is 31.9. The van der Waals surface area contributed by atoms with Gasteiger partial charge in [-0.3, -0.25) is 28.8 Å². The minimum absolute atomic E-state index is 0.0128. The van der Waals surface area contributed by atoms with Gasteiger partial charge >= 0.3 is 70.4 Å². The summed E-state index contributed by atoms with van der Waals surface area (Å²) >= 11 is 0. The molecule has 39 heteroatoms. The van der Waals surface area contributed by atoms with Crippen LogP contribution >= 0.6 is 0 Å². The molecule has 100 heavy (non-hydrogen) atoms. The number of hydrogen-bond acceptors (Lipinski definition) is 25. The van der Waals surface area contributed by atoms with Crippen LogP contribution in [-0.2, 0) is 78.1 Å². The molecule has 0 aliphatic carbocycles. The van der Waals surface area contributed by atoms with Gasteiger partial charge in [0, 0.05) is 179 Å². The lowest BCUT2D eigenvalue weighted by Gasteiger charge is -2.64. The van der Waals surface area contributed by atoms with Crippen LogP contribution in [-0.4, -0.2) is 266 Å². The fourth-order valence-electron chi connectivity index (χ4n) is 13.0. The second-order valence-electron chi connectivity index (χ2n) is 30.0. The normalized spacial score (nSPS) is 27.2. The number of amides is 6. The van der Waals surface area contributed by atoms with Gasteiger partial charge in [-0.1, -0.05) is 96.9 Å². The molecule has 10 N–H and O–H groups in total. The van der Waals surface area contributed by atoms with Crippen LogP contribution in [0.5, 0.6) is 0 Å². The van der Waals surface area contributed by atoms with E-state index >= 15 is 0 Å². The number of nitrogens with one attached hydrogen (secondary N) is 6. The highest BCUT2D eigenvalue weighted by Gasteiger charge is 2.83. The lowest BCUT2D eigenvalue weighted by Crippen LogP contribution is -2.88. The van der Waals surface area contributed by atoms with E-state index in [0.29, 0.717) is 68.4 Å². The molecule has 6 fully saturated rings. The maximum absolute atomic E-state index is 14.1. The van der Waals surface area contributed by atoms with Crippen LogP contribution in [0.2, 0.25) is 48.4 Å². The van der Waals surface area contributed by atoms with Crippen molar-refractivity contribution in [1.82, 2.24) is 46.6 Å². The Morgan fingerprint density at radius 2 is 0.430 bits per heavy atom. The average Bonchev–Trinajstić information content (AvgIpc) is 0.686. The maximum Gasteiger partial charge on any atom is 0.479 e. The van der Waals surface area contributed by atoms with Gasteiger partial charge in [0.1, 0.15) is 0 Å². The Labute approximate surface area is 604 Å². The smallest absolute Gasteiger partial charge is 0.395 e. The van der Waals surface area contributed by atoms with Crippen LogP contribution in [0.25, 0.3) is 0 Å². The van der Waals surface area contributed by atoms with Crippen molar-refractivity contribution in [3.05, 3.63) is 0 Å². The first-order valence-electron chi connectivity index (χ1n) is 36.7. The zero-order valence-electron chi connectivity index (χ0n) is 62.6. The third-order valence-electron chi connectivity index (χ3n) is 16.5. The van der Waals surface area contributed by atoms with E-state index in [1.807, 2.05) is 14.7 Å². The maximum atomic E-state index is 14.1. The molecule has 31 nitrogen and oxygen atoms in total. The van der Waals surface area contributed by atoms with Crippen molar-refractivity contribution in [3.8, 4) is 0 Å². The number of aliphatic hydroxyl groups is 4. The molecule has 6 heterocycles. The summed E-state index contributed by atoms with van der Waals surface area (Å²) in [7, 11) is -33.9. The summed E-state index contributed by atoms with van der Waals surface area (Å²) in [5, 5.41) is 53.6. The molecule has 0 aromatic carbocycles. The van der Waals surface area contributed by atoms with Gasteiger partial charge in [-0.05, 0) is 54.4 Å². The van der Waals surface area contributed by atoms with Gasteiger partial charge in [0.2, 0.25) is 35.4 Å². The highest BCUT2D eigenvalue weighted by Crippen LogP contribution is 2.56. The zero-order valence-corrected chi connectivity index (χ0v) is 70.6. The quantitative estimate of drug-likeness (QED) is 0.0391. The van der Waals surface area contributed by atoms with Gasteiger partial charge in [0.25, 0.3) is 0 Å². The van der Waals surface area contributed by atoms with Gasteiger partial charge < -0.3 is 116 Å². The lowest BCUT2D eigenvalue weighted by atomic mass is 10.2. The van der Waals surface area contributed by atoms with E-state index in [2.05, 4.69) is 129 Å². The molecule has 0 unspecified atom stereocenters. The standard InChI is InChI=1S/C61H127N9O22Si8/c1-49(2)42-94-81-93(82-95(43-50(3)4)86-97(84-94,45-52(7)8)90-100(48-55(13)14)91-98(85-94,46-53(9)10)87-96(83-93,44-51(5)6)89-99(88-95,92-100)47-54(11)12)41-15-28-68(29-16-56(75)62-22-35-69(31-18-58(77)64-24-37-71)32-19-59(78)65-25-38-72)30-17-57(76)63-23-36-70(33-20-60(79)66-26-39-73)34-21-61(80)67-27-40-74/h49-55,71-74H,15-48H2,1-14H3,(H,62,75)(H,63,76)(H,64,77)(H,65,78)(H,66,79)(H,67,80). The molecule has 0 saturated carbocycles. The van der Waals surface area contributed by atoms with Crippen molar-refractivity contribution in [2.75, 3.05) is 125 Å². The van der Waals surface area contributed by atoms with Gasteiger partial charge in [0.05, 0.1) is 26.4 Å². The number of aliphatic hydroxyl groups excluding tert-OH is 4. The predicted molar refractivity (Wildman–Crippen MR) is 389 cm³/mol. The van der Waals surface area contributed by atoms with Crippen LogP contribution in [0.15, 0.2) is 0 Å². The van der Waals surface area contributed by atoms with E-state index in [1.165, 1.54) is 0 Å². The Kier molecular flexibility index (Phi) is 37.0. The zero-order chi connectivity index (χ0) is 74.0. The molecule has 6 amide bonds. The van der Waals surface area contributed by atoms with Crippen LogP contribution in [0.1, 0.15) is 142 Å². The molecule has 0 aromatic heterocycles. The van der Waals surface area contributed by atoms with Crippen molar-refractivity contribution < 1.29 is 98.6 Å². The largest absolute Gasteiger partial charge is 0.479 e. The minimum atomic E-state index is -4.42. The monoisotopic (exact) mass is 1560 g/mol. The van der Waals surface area contributed by atoms with E-state index in [4.69, 9.17) is 49.4 Å². The summed E-state index contributed by atoms with van der Waals surface area (Å²) in [4.78, 5) is 84.3. The van der Waals surface area contributed by atoms with E-state index in [9.17, 15) is 49.2 Å². The summed E-state index contributed by atoms with van der Waals surface area (Å²) in [6, 6.07) is 2.52. The van der Waals surface area contributed by atoms with Gasteiger partial charge in [-0.25, -0.2) is 0 Å². The summed E-state index contributed by atoms with van der Waals surface area (Å²) in [5.74, 6) is -1.86. The van der Waals surface area contributed by atoms with Crippen molar-refractivity contribution in [1.29, 1.82) is 0 Å². The predicted octanol–water partition coefficient (Wildman–Crippen LogP) is 2.66. The summed E-state index contributed by atoms with van der Waals surface area (Å²) in [6.07, 6.45) is 0.755. The van der Waals surface area contributed by atoms with Crippen molar-refractivity contribution in [3.63, 3.8) is 0 Å². The minimum Gasteiger partial charge on any atom is -0.395 e. The lowest BCUT2D eigenvalue weighted by molar-refractivity contribution is -0.123. The molecule has 6 aliphatic rings. The molecule has 6 aliphatic heterocycles. The van der Waals surface area contributed by atoms with E-state index < -0.39 is 70.4 Å². The third kappa shape index (κ3) is 29.9. The number of nitrogens with zero attached hydrogens (tertiary/aromatic N) is 3. The molecule has 6 rings (SSSR count). The SMILES string of the molecule is CC(C)C[Si]12O[Si]3(CCCN(CCC(=O)NCCN(CCC(=O)NCCO)CCC(=O)NCCO)CCC(=O)NCCN(CCC(=O)NCCO)CCC(=O)NCCO)O[Si]4(CC(C)C)O[Si](CC(C)C)(O1)O[Si]1(CC(C)C)O[Si](CC(C)C)(O2)O[Si](CC(C)C)(O3)O[Si](CC(C)C)(O4)O1. The molecule has 6 saturated heterocycles. The van der Waals surface area contributed by atoms with Gasteiger partial charge in [0.15, 0.2) is 0 Å². The molecule has 0 radical (unpaired) electrons. The number of rotatable bonds is 50. The molecule has 0 aromatic rings. The Balaban J connectivity index is 1.57. The average molecular weight is 1560 g/mol. The molecular weight excluding hydrogens is 1440 g/mol.